The van der Waals surface area contributed by atoms with Gasteiger partial charge in [-0.25, -0.2) is 4.98 Å². The third kappa shape index (κ3) is 2.55. The van der Waals surface area contributed by atoms with Crippen molar-refractivity contribution in [3.8, 4) is 0 Å². The molecule has 1 aromatic heterocycles. The maximum absolute atomic E-state index is 5.65. The molecule has 0 aliphatic heterocycles. The van der Waals surface area contributed by atoms with Gasteiger partial charge in [-0.05, 0) is 31.5 Å². The van der Waals surface area contributed by atoms with E-state index in [1.54, 1.807) is 11.8 Å². The van der Waals surface area contributed by atoms with Gasteiger partial charge in [0, 0.05) is 10.9 Å². The number of thioether (sulfide) groups is 1. The topological polar surface area (TPSA) is 67.6 Å². The molecular weight excluding hydrogens is 220 g/mol. The number of nitrogens with two attached hydrogens (primary N) is 1. The van der Waals surface area contributed by atoms with Crippen LogP contribution in [0.2, 0.25) is 0 Å². The van der Waals surface area contributed by atoms with Crippen LogP contribution in [0, 0.1) is 6.92 Å². The van der Waals surface area contributed by atoms with Gasteiger partial charge >= 0.3 is 0 Å². The molecular formula is C11H14N4S. The molecule has 0 amide bonds. The maximum Gasteiger partial charge on any atom is 0.209 e. The lowest BCUT2D eigenvalue weighted by molar-refractivity contribution is 0.957. The smallest absolute Gasteiger partial charge is 0.209 e. The fraction of sp³-hybridized carbons (Fsp3) is 0.273. The van der Waals surface area contributed by atoms with E-state index >= 15 is 0 Å². The van der Waals surface area contributed by atoms with E-state index in [1.165, 1.54) is 5.56 Å². The number of H-pyrrole nitrogens is 1. The first kappa shape index (κ1) is 11.0. The highest BCUT2D eigenvalue weighted by Crippen LogP contribution is 2.32. The molecule has 16 heavy (non-hydrogen) atoms. The monoisotopic (exact) mass is 234 g/mol. The summed E-state index contributed by atoms with van der Waals surface area (Å²) >= 11 is 1.63. The molecule has 1 heterocycles. The predicted molar refractivity (Wildman–Crippen MR) is 66.2 cm³/mol. The summed E-state index contributed by atoms with van der Waals surface area (Å²) in [6.45, 7) is 4.02. The van der Waals surface area contributed by atoms with Gasteiger partial charge in [-0.2, -0.15) is 0 Å². The Morgan fingerprint density at radius 3 is 2.56 bits per heavy atom. The van der Waals surface area contributed by atoms with Gasteiger partial charge in [0.15, 0.2) is 0 Å². The summed E-state index contributed by atoms with van der Waals surface area (Å²) < 4.78 is 0. The van der Waals surface area contributed by atoms with Crippen LogP contribution in [0.3, 0.4) is 0 Å². The van der Waals surface area contributed by atoms with Gasteiger partial charge in [0.2, 0.25) is 5.16 Å². The van der Waals surface area contributed by atoms with Crippen LogP contribution in [0.1, 0.15) is 23.6 Å². The fourth-order valence-corrected chi connectivity index (χ4v) is 2.27. The van der Waals surface area contributed by atoms with Gasteiger partial charge < -0.3 is 5.73 Å². The van der Waals surface area contributed by atoms with Gasteiger partial charge in [-0.3, -0.25) is 5.10 Å². The van der Waals surface area contributed by atoms with E-state index in [0.29, 0.717) is 5.25 Å². The van der Waals surface area contributed by atoms with E-state index in [9.17, 15) is 0 Å². The number of anilines is 1. The Balaban J connectivity index is 2.08. The molecule has 0 aliphatic rings. The van der Waals surface area contributed by atoms with Crippen molar-refractivity contribution < 1.29 is 0 Å². The average molecular weight is 234 g/mol. The standard InChI is InChI=1S/C11H14N4S/c1-7(9-3-5-10(12)6-4-9)16-11-13-8(2)14-15-11/h3-7H,12H2,1-2H3,(H,13,14,15). The van der Waals surface area contributed by atoms with E-state index in [1.807, 2.05) is 31.2 Å². The minimum Gasteiger partial charge on any atom is -0.399 e. The fourth-order valence-electron chi connectivity index (χ4n) is 1.37. The molecule has 2 rings (SSSR count). The van der Waals surface area contributed by atoms with Crippen molar-refractivity contribution in [2.45, 2.75) is 24.3 Å². The Hall–Kier alpha value is -1.49. The van der Waals surface area contributed by atoms with Crippen molar-refractivity contribution in [2.24, 2.45) is 0 Å². The Labute approximate surface area is 98.7 Å². The normalized spacial score (nSPS) is 12.6. The highest BCUT2D eigenvalue weighted by molar-refractivity contribution is 7.99. The van der Waals surface area contributed by atoms with Gasteiger partial charge in [-0.15, -0.1) is 5.10 Å². The number of rotatable bonds is 3. The SMILES string of the molecule is Cc1nc(SC(C)c2ccc(N)cc2)n[nH]1. The first-order chi connectivity index (χ1) is 7.65. The number of nitrogens with one attached hydrogen (secondary N) is 1. The molecule has 5 heteroatoms. The molecule has 0 spiro atoms. The lowest BCUT2D eigenvalue weighted by atomic mass is 10.1. The minimum atomic E-state index is 0.316. The van der Waals surface area contributed by atoms with E-state index in [-0.39, 0.29) is 0 Å². The molecule has 0 saturated carbocycles. The third-order valence-corrected chi connectivity index (χ3v) is 3.28. The minimum absolute atomic E-state index is 0.316. The number of aryl methyl sites for hydroxylation is 1. The van der Waals surface area contributed by atoms with E-state index in [2.05, 4.69) is 22.1 Å². The molecule has 1 unspecified atom stereocenters. The number of aromatic amines is 1. The molecule has 0 radical (unpaired) electrons. The van der Waals surface area contributed by atoms with Crippen molar-refractivity contribution in [1.82, 2.24) is 15.2 Å². The number of hydrogen-bond donors (Lipinski definition) is 2. The Kier molecular flexibility index (Phi) is 3.14. The molecule has 0 saturated heterocycles. The Bertz CT molecular complexity index is 463. The first-order valence-electron chi connectivity index (χ1n) is 5.06. The molecule has 2 aromatic rings. The number of benzene rings is 1. The zero-order valence-corrected chi connectivity index (χ0v) is 10.1. The van der Waals surface area contributed by atoms with Gasteiger partial charge in [0.05, 0.1) is 0 Å². The lowest BCUT2D eigenvalue weighted by Crippen LogP contribution is -1.91. The Morgan fingerprint density at radius 2 is 2.00 bits per heavy atom. The quantitative estimate of drug-likeness (QED) is 0.632. The summed E-state index contributed by atoms with van der Waals surface area (Å²) in [5, 5.41) is 8.03. The second-order valence-corrected chi connectivity index (χ2v) is 4.94. The second kappa shape index (κ2) is 4.57. The summed E-state index contributed by atoms with van der Waals surface area (Å²) in [6, 6.07) is 7.89. The molecule has 1 atom stereocenters. The number of hydrogen-bond acceptors (Lipinski definition) is 4. The van der Waals surface area contributed by atoms with Crippen molar-refractivity contribution in [3.05, 3.63) is 35.7 Å². The molecule has 4 nitrogen and oxygen atoms in total. The zero-order valence-electron chi connectivity index (χ0n) is 9.27. The lowest BCUT2D eigenvalue weighted by Gasteiger charge is -2.08. The molecule has 0 aliphatic carbocycles. The van der Waals surface area contributed by atoms with E-state index < -0.39 is 0 Å². The van der Waals surface area contributed by atoms with Gasteiger partial charge in [-0.1, -0.05) is 23.9 Å². The summed E-state index contributed by atoms with van der Waals surface area (Å²) in [6.07, 6.45) is 0. The maximum atomic E-state index is 5.65. The van der Waals surface area contributed by atoms with Crippen LogP contribution in [-0.2, 0) is 0 Å². The van der Waals surface area contributed by atoms with Crippen molar-refractivity contribution >= 4 is 17.4 Å². The van der Waals surface area contributed by atoms with E-state index in [4.69, 9.17) is 5.73 Å². The summed E-state index contributed by atoms with van der Waals surface area (Å²) in [5.74, 6) is 0.840. The van der Waals surface area contributed by atoms with Gasteiger partial charge in [0.25, 0.3) is 0 Å². The highest BCUT2D eigenvalue weighted by atomic mass is 32.2. The molecule has 0 bridgehead atoms. The van der Waals surface area contributed by atoms with E-state index in [0.717, 1.165) is 16.7 Å². The van der Waals surface area contributed by atoms with Crippen LogP contribution < -0.4 is 5.73 Å². The highest BCUT2D eigenvalue weighted by Gasteiger charge is 2.10. The molecule has 1 aromatic carbocycles. The van der Waals surface area contributed by atoms with Crippen molar-refractivity contribution in [1.29, 1.82) is 0 Å². The molecule has 3 N–H and O–H groups in total. The van der Waals surface area contributed by atoms with Crippen LogP contribution in [0.4, 0.5) is 5.69 Å². The van der Waals surface area contributed by atoms with Crippen LogP contribution in [-0.4, -0.2) is 15.2 Å². The summed E-state index contributed by atoms with van der Waals surface area (Å²) in [4.78, 5) is 4.27. The Morgan fingerprint density at radius 1 is 1.31 bits per heavy atom. The number of aromatic nitrogens is 3. The largest absolute Gasteiger partial charge is 0.399 e. The first-order valence-corrected chi connectivity index (χ1v) is 5.94. The van der Waals surface area contributed by atoms with Crippen molar-refractivity contribution in [2.75, 3.05) is 5.73 Å². The number of nitrogen functional groups attached to an aromatic ring is 1. The molecule has 0 fully saturated rings. The van der Waals surface area contributed by atoms with Crippen LogP contribution >= 0.6 is 11.8 Å². The third-order valence-electron chi connectivity index (χ3n) is 2.26. The second-order valence-electron chi connectivity index (χ2n) is 3.63. The molecule has 84 valence electrons. The predicted octanol–water partition coefficient (Wildman–Crippen LogP) is 2.55. The average Bonchev–Trinajstić information content (AvgIpc) is 2.65. The zero-order chi connectivity index (χ0) is 11.5. The van der Waals surface area contributed by atoms with Crippen LogP contribution in [0.15, 0.2) is 29.4 Å². The van der Waals surface area contributed by atoms with Crippen LogP contribution in [0.5, 0.6) is 0 Å². The number of nitrogens with zero attached hydrogens (tertiary/aromatic N) is 2. The van der Waals surface area contributed by atoms with Crippen molar-refractivity contribution in [3.63, 3.8) is 0 Å². The summed E-state index contributed by atoms with van der Waals surface area (Å²) in [7, 11) is 0. The summed E-state index contributed by atoms with van der Waals surface area (Å²) in [5.41, 5.74) is 7.66. The van der Waals surface area contributed by atoms with Gasteiger partial charge in [0.1, 0.15) is 5.82 Å². The van der Waals surface area contributed by atoms with Crippen LogP contribution in [0.25, 0.3) is 0 Å².